The highest BCUT2D eigenvalue weighted by Gasteiger charge is 2.16. The second-order valence-corrected chi connectivity index (χ2v) is 5.54. The van der Waals surface area contributed by atoms with E-state index in [4.69, 9.17) is 29.6 Å². The molecule has 1 aromatic carbocycles. The molecule has 94 valence electrons. The van der Waals surface area contributed by atoms with Crippen LogP contribution in [0, 0.1) is 0 Å². The summed E-state index contributed by atoms with van der Waals surface area (Å²) in [6.45, 7) is 4.03. The zero-order valence-electron chi connectivity index (χ0n) is 10.2. The molecule has 0 aliphatic rings. The number of halogens is 1. The summed E-state index contributed by atoms with van der Waals surface area (Å²) in [7, 11) is 1.89. The fourth-order valence-electron chi connectivity index (χ4n) is 1.61. The standard InChI is InChI=1S/C12H17ClN2OS/c1-12(2,16)7-15(3)8-4-5-9(11(14)17)10(13)6-8/h4-6,16H,7H2,1-3H3,(H2,14,17). The summed E-state index contributed by atoms with van der Waals surface area (Å²) < 4.78 is 0. The van der Waals surface area contributed by atoms with Gasteiger partial charge in [-0.25, -0.2) is 0 Å². The van der Waals surface area contributed by atoms with Gasteiger partial charge in [0.1, 0.15) is 4.99 Å². The first-order valence-electron chi connectivity index (χ1n) is 5.23. The van der Waals surface area contributed by atoms with Crippen molar-refractivity contribution in [1.82, 2.24) is 0 Å². The van der Waals surface area contributed by atoms with Crippen molar-refractivity contribution in [3.8, 4) is 0 Å². The molecule has 0 fully saturated rings. The van der Waals surface area contributed by atoms with Gasteiger partial charge >= 0.3 is 0 Å². The van der Waals surface area contributed by atoms with Gasteiger partial charge in [-0.3, -0.25) is 0 Å². The zero-order chi connectivity index (χ0) is 13.2. The molecule has 0 aliphatic carbocycles. The van der Waals surface area contributed by atoms with Crippen LogP contribution >= 0.6 is 23.8 Å². The number of benzene rings is 1. The van der Waals surface area contributed by atoms with Crippen LogP contribution in [0.3, 0.4) is 0 Å². The first-order valence-corrected chi connectivity index (χ1v) is 6.02. The maximum absolute atomic E-state index is 9.75. The number of thiocarbonyl (C=S) groups is 1. The van der Waals surface area contributed by atoms with E-state index < -0.39 is 5.60 Å². The van der Waals surface area contributed by atoms with Crippen LogP contribution in [0.5, 0.6) is 0 Å². The van der Waals surface area contributed by atoms with Crippen molar-refractivity contribution >= 4 is 34.5 Å². The van der Waals surface area contributed by atoms with Crippen molar-refractivity contribution in [3.05, 3.63) is 28.8 Å². The van der Waals surface area contributed by atoms with Crippen LogP contribution in [0.4, 0.5) is 5.69 Å². The van der Waals surface area contributed by atoms with Gasteiger partial charge in [-0.2, -0.15) is 0 Å². The van der Waals surface area contributed by atoms with Gasteiger partial charge < -0.3 is 15.7 Å². The summed E-state index contributed by atoms with van der Waals surface area (Å²) >= 11 is 11.0. The van der Waals surface area contributed by atoms with Crippen LogP contribution in [0.15, 0.2) is 18.2 Å². The molecule has 0 unspecified atom stereocenters. The number of nitrogens with zero attached hydrogens (tertiary/aromatic N) is 1. The van der Waals surface area contributed by atoms with Crippen molar-refractivity contribution in [2.75, 3.05) is 18.5 Å². The normalized spacial score (nSPS) is 11.4. The molecule has 0 atom stereocenters. The Morgan fingerprint density at radius 2 is 2.12 bits per heavy atom. The van der Waals surface area contributed by atoms with Crippen LogP contribution in [0.2, 0.25) is 5.02 Å². The molecule has 0 aliphatic heterocycles. The Balaban J connectivity index is 2.94. The van der Waals surface area contributed by atoms with Crippen molar-refractivity contribution in [2.24, 2.45) is 5.73 Å². The van der Waals surface area contributed by atoms with Gasteiger partial charge in [0, 0.05) is 24.8 Å². The Hall–Kier alpha value is -0.840. The van der Waals surface area contributed by atoms with E-state index in [9.17, 15) is 5.11 Å². The van der Waals surface area contributed by atoms with E-state index in [2.05, 4.69) is 0 Å². The average Bonchev–Trinajstić information content (AvgIpc) is 2.14. The molecule has 0 bridgehead atoms. The molecular weight excluding hydrogens is 256 g/mol. The van der Waals surface area contributed by atoms with Crippen molar-refractivity contribution in [3.63, 3.8) is 0 Å². The summed E-state index contributed by atoms with van der Waals surface area (Å²) in [6, 6.07) is 5.47. The van der Waals surface area contributed by atoms with Gasteiger partial charge in [0.25, 0.3) is 0 Å². The number of hydrogen-bond acceptors (Lipinski definition) is 3. The minimum Gasteiger partial charge on any atom is -0.389 e. The van der Waals surface area contributed by atoms with E-state index in [0.717, 1.165) is 5.69 Å². The number of rotatable bonds is 4. The predicted molar refractivity (Wildman–Crippen MR) is 76.9 cm³/mol. The monoisotopic (exact) mass is 272 g/mol. The lowest BCUT2D eigenvalue weighted by molar-refractivity contribution is 0.0886. The molecule has 3 nitrogen and oxygen atoms in total. The van der Waals surface area contributed by atoms with Crippen LogP contribution in [-0.2, 0) is 0 Å². The topological polar surface area (TPSA) is 49.5 Å². The van der Waals surface area contributed by atoms with E-state index >= 15 is 0 Å². The van der Waals surface area contributed by atoms with Crippen LogP contribution < -0.4 is 10.6 Å². The molecule has 17 heavy (non-hydrogen) atoms. The highest BCUT2D eigenvalue weighted by Crippen LogP contribution is 2.24. The molecule has 0 spiro atoms. The first-order chi connectivity index (χ1) is 7.70. The molecular formula is C12H17ClN2OS. The smallest absolute Gasteiger partial charge is 0.105 e. The van der Waals surface area contributed by atoms with Crippen molar-refractivity contribution in [2.45, 2.75) is 19.4 Å². The van der Waals surface area contributed by atoms with Gasteiger partial charge in [0.15, 0.2) is 0 Å². The maximum atomic E-state index is 9.75. The van der Waals surface area contributed by atoms with Crippen molar-refractivity contribution in [1.29, 1.82) is 0 Å². The third-order valence-electron chi connectivity index (χ3n) is 2.28. The quantitative estimate of drug-likeness (QED) is 0.825. The lowest BCUT2D eigenvalue weighted by Gasteiger charge is -2.27. The summed E-state index contributed by atoms with van der Waals surface area (Å²) in [6.07, 6.45) is 0. The second kappa shape index (κ2) is 5.21. The van der Waals surface area contributed by atoms with Crippen LogP contribution in [0.25, 0.3) is 0 Å². The number of anilines is 1. The lowest BCUT2D eigenvalue weighted by atomic mass is 10.1. The second-order valence-electron chi connectivity index (χ2n) is 4.70. The van der Waals surface area contributed by atoms with E-state index in [0.29, 0.717) is 17.1 Å². The van der Waals surface area contributed by atoms with E-state index in [1.165, 1.54) is 0 Å². The number of hydrogen-bond donors (Lipinski definition) is 2. The number of aliphatic hydroxyl groups is 1. The van der Waals surface area contributed by atoms with Gasteiger partial charge in [-0.1, -0.05) is 23.8 Å². The number of nitrogens with two attached hydrogens (primary N) is 1. The van der Waals surface area contributed by atoms with Crippen molar-refractivity contribution < 1.29 is 5.11 Å². The summed E-state index contributed by atoms with van der Waals surface area (Å²) in [5.41, 5.74) is 6.36. The largest absolute Gasteiger partial charge is 0.389 e. The Bertz CT molecular complexity index is 429. The Kier molecular flexibility index (Phi) is 4.36. The lowest BCUT2D eigenvalue weighted by Crippen LogP contribution is -2.36. The average molecular weight is 273 g/mol. The third kappa shape index (κ3) is 4.15. The third-order valence-corrected chi connectivity index (χ3v) is 2.82. The van der Waals surface area contributed by atoms with E-state index in [1.807, 2.05) is 18.0 Å². The van der Waals surface area contributed by atoms with Crippen LogP contribution in [0.1, 0.15) is 19.4 Å². The van der Waals surface area contributed by atoms with E-state index in [-0.39, 0.29) is 4.99 Å². The van der Waals surface area contributed by atoms with Crippen LogP contribution in [-0.4, -0.2) is 29.3 Å². The van der Waals surface area contributed by atoms with Gasteiger partial charge in [0.05, 0.1) is 10.6 Å². The maximum Gasteiger partial charge on any atom is 0.105 e. The summed E-state index contributed by atoms with van der Waals surface area (Å²) in [5.74, 6) is 0. The molecule has 0 heterocycles. The molecule has 0 amide bonds. The highest BCUT2D eigenvalue weighted by molar-refractivity contribution is 7.80. The zero-order valence-corrected chi connectivity index (χ0v) is 11.8. The fourth-order valence-corrected chi connectivity index (χ4v) is 2.12. The molecule has 0 saturated carbocycles. The molecule has 3 N–H and O–H groups in total. The van der Waals surface area contributed by atoms with Gasteiger partial charge in [0.2, 0.25) is 0 Å². The Labute approximate surface area is 112 Å². The SMILES string of the molecule is CN(CC(C)(C)O)c1ccc(C(N)=S)c(Cl)c1. The predicted octanol–water partition coefficient (Wildman–Crippen LogP) is 2.18. The molecule has 1 rings (SSSR count). The molecule has 0 aromatic heterocycles. The molecule has 1 aromatic rings. The Morgan fingerprint density at radius 1 is 1.53 bits per heavy atom. The highest BCUT2D eigenvalue weighted by atomic mass is 35.5. The van der Waals surface area contributed by atoms with E-state index in [1.54, 1.807) is 26.0 Å². The summed E-state index contributed by atoms with van der Waals surface area (Å²) in [4.78, 5) is 2.21. The Morgan fingerprint density at radius 3 is 2.53 bits per heavy atom. The minimum absolute atomic E-state index is 0.284. The molecule has 0 radical (unpaired) electrons. The first kappa shape index (κ1) is 14.2. The summed E-state index contributed by atoms with van der Waals surface area (Å²) in [5, 5.41) is 10.3. The van der Waals surface area contributed by atoms with Gasteiger partial charge in [-0.15, -0.1) is 0 Å². The fraction of sp³-hybridized carbons (Fsp3) is 0.417. The van der Waals surface area contributed by atoms with Gasteiger partial charge in [-0.05, 0) is 32.0 Å². The minimum atomic E-state index is -0.761. The molecule has 5 heteroatoms. The number of likely N-dealkylation sites (N-methyl/N-ethyl adjacent to an activating group) is 1. The molecule has 0 saturated heterocycles.